The maximum atomic E-state index is 15.2. The maximum Gasteiger partial charge on any atom is 0.411 e. The van der Waals surface area contributed by atoms with Gasteiger partial charge in [-0.1, -0.05) is 30.3 Å². The van der Waals surface area contributed by atoms with Crippen molar-refractivity contribution >= 4 is 12.0 Å². The summed E-state index contributed by atoms with van der Waals surface area (Å²) in [5, 5.41) is 0. The van der Waals surface area contributed by atoms with Crippen LogP contribution in [-0.4, -0.2) is 101 Å². The third-order valence-corrected chi connectivity index (χ3v) is 10.2. The highest BCUT2D eigenvalue weighted by molar-refractivity contribution is 5.93. The van der Waals surface area contributed by atoms with Crippen molar-refractivity contribution < 1.29 is 47.5 Å². The molecule has 1 fully saturated rings. The summed E-state index contributed by atoms with van der Waals surface area (Å²) >= 11 is 0. The molecule has 1 saturated heterocycles. The molecule has 5 atom stereocenters. The predicted octanol–water partition coefficient (Wildman–Crippen LogP) is 5.42. The van der Waals surface area contributed by atoms with Crippen molar-refractivity contribution in [2.24, 2.45) is 0 Å². The van der Waals surface area contributed by atoms with E-state index in [9.17, 15) is 4.79 Å². The van der Waals surface area contributed by atoms with Crippen molar-refractivity contribution in [2.45, 2.75) is 77.2 Å². The number of ether oxygens (including phenoxy) is 8. The molecule has 1 aliphatic carbocycles. The average Bonchev–Trinajstić information content (AvgIpc) is 3.12. The van der Waals surface area contributed by atoms with Crippen molar-refractivity contribution in [3.63, 3.8) is 0 Å². The van der Waals surface area contributed by atoms with E-state index in [-0.39, 0.29) is 18.9 Å². The van der Waals surface area contributed by atoms with Gasteiger partial charge < -0.3 is 42.8 Å². The molecule has 0 N–H and O–H groups in total. The van der Waals surface area contributed by atoms with Crippen LogP contribution in [0, 0.1) is 6.92 Å². The lowest BCUT2D eigenvalue weighted by atomic mass is 9.74. The van der Waals surface area contributed by atoms with Crippen LogP contribution in [-0.2, 0) is 41.5 Å². The number of carbonyl (C=O) groups is 2. The van der Waals surface area contributed by atoms with Crippen LogP contribution in [0.5, 0.6) is 17.2 Å². The molecule has 12 nitrogen and oxygen atoms in total. The molecule has 6 rings (SSSR count). The topological polar surface area (TPSA) is 114 Å². The van der Waals surface area contributed by atoms with Gasteiger partial charge in [0.25, 0.3) is 5.91 Å². The van der Waals surface area contributed by atoms with Gasteiger partial charge in [-0.25, -0.2) is 4.79 Å². The number of fused-ring (bicyclic) bond motifs is 6. The average molecular weight is 705 g/mol. The number of piperazine rings is 1. The second-order valence-corrected chi connectivity index (χ2v) is 13.3. The molecule has 0 spiro atoms. The van der Waals surface area contributed by atoms with Crippen LogP contribution in [0.15, 0.2) is 64.6 Å². The van der Waals surface area contributed by atoms with Gasteiger partial charge in [-0.15, -0.1) is 0 Å². The smallest absolute Gasteiger partial charge is 0.411 e. The van der Waals surface area contributed by atoms with Crippen molar-refractivity contribution in [1.29, 1.82) is 0 Å². The van der Waals surface area contributed by atoms with E-state index in [2.05, 4.69) is 0 Å². The van der Waals surface area contributed by atoms with Crippen molar-refractivity contribution in [2.75, 3.05) is 49.3 Å². The number of carbonyl (C=O) groups excluding carboxylic acids is 2. The summed E-state index contributed by atoms with van der Waals surface area (Å²) in [5.74, 6) is 1.82. The number of rotatable bonds is 11. The number of benzene rings is 2. The van der Waals surface area contributed by atoms with Crippen LogP contribution >= 0.6 is 0 Å². The number of amides is 2. The van der Waals surface area contributed by atoms with Gasteiger partial charge in [0.2, 0.25) is 0 Å². The Balaban J connectivity index is 1.63. The summed E-state index contributed by atoms with van der Waals surface area (Å²) in [6.07, 6.45) is -0.101. The first-order valence-electron chi connectivity index (χ1n) is 17.1. The maximum absolute atomic E-state index is 15.2. The lowest BCUT2D eigenvalue weighted by Crippen LogP contribution is -2.66. The second-order valence-electron chi connectivity index (χ2n) is 13.3. The van der Waals surface area contributed by atoms with Crippen LogP contribution in [0.3, 0.4) is 0 Å². The van der Waals surface area contributed by atoms with E-state index >= 15 is 4.79 Å². The summed E-state index contributed by atoms with van der Waals surface area (Å²) in [4.78, 5) is 32.6. The highest BCUT2D eigenvalue weighted by Crippen LogP contribution is 2.57. The Kier molecular flexibility index (Phi) is 10.4. The normalized spacial score (nSPS) is 23.8. The van der Waals surface area contributed by atoms with Gasteiger partial charge in [0, 0.05) is 48.6 Å². The molecule has 274 valence electrons. The van der Waals surface area contributed by atoms with Gasteiger partial charge >= 0.3 is 6.09 Å². The third-order valence-electron chi connectivity index (χ3n) is 10.2. The lowest BCUT2D eigenvalue weighted by molar-refractivity contribution is -0.144. The highest BCUT2D eigenvalue weighted by Gasteiger charge is 2.58. The van der Waals surface area contributed by atoms with E-state index in [1.54, 1.807) is 66.3 Å². The van der Waals surface area contributed by atoms with E-state index < -0.39 is 42.5 Å². The molecule has 0 saturated carbocycles. The van der Waals surface area contributed by atoms with Gasteiger partial charge in [-0.3, -0.25) is 9.69 Å². The second kappa shape index (κ2) is 14.6. The summed E-state index contributed by atoms with van der Waals surface area (Å²) in [6.45, 7) is 7.85. The minimum atomic E-state index is -0.932. The number of methoxy groups -OCH3 is 6. The zero-order valence-corrected chi connectivity index (χ0v) is 31.0. The largest absolute Gasteiger partial charge is 0.498 e. The first kappa shape index (κ1) is 36.3. The van der Waals surface area contributed by atoms with Gasteiger partial charge in [0.1, 0.15) is 35.8 Å². The molecule has 0 radical (unpaired) electrons. The molecule has 2 amide bonds. The summed E-state index contributed by atoms with van der Waals surface area (Å²) < 4.78 is 48.5. The van der Waals surface area contributed by atoms with E-state index in [0.29, 0.717) is 40.9 Å². The molecule has 51 heavy (non-hydrogen) atoms. The summed E-state index contributed by atoms with van der Waals surface area (Å²) in [5.41, 5.74) is 6.10. The van der Waals surface area contributed by atoms with E-state index in [0.717, 1.165) is 33.4 Å². The molecule has 0 aromatic heterocycles. The van der Waals surface area contributed by atoms with Crippen LogP contribution < -0.4 is 14.2 Å². The van der Waals surface area contributed by atoms with Gasteiger partial charge in [0.05, 0.1) is 53.8 Å². The fourth-order valence-corrected chi connectivity index (χ4v) is 8.27. The van der Waals surface area contributed by atoms with Crippen molar-refractivity contribution in [1.82, 2.24) is 9.80 Å². The van der Waals surface area contributed by atoms with E-state index in [1.165, 1.54) is 0 Å². The van der Waals surface area contributed by atoms with Crippen molar-refractivity contribution in [3.05, 3.63) is 86.8 Å². The first-order chi connectivity index (χ1) is 24.6. The summed E-state index contributed by atoms with van der Waals surface area (Å²) in [7, 11) is 9.59. The van der Waals surface area contributed by atoms with E-state index in [4.69, 9.17) is 37.9 Å². The zero-order chi connectivity index (χ0) is 36.7. The van der Waals surface area contributed by atoms with Gasteiger partial charge in [0.15, 0.2) is 11.5 Å². The molecule has 4 aliphatic rings. The zero-order valence-electron chi connectivity index (χ0n) is 31.0. The molecular weight excluding hydrogens is 656 g/mol. The van der Waals surface area contributed by atoms with Crippen LogP contribution in [0.4, 0.5) is 4.79 Å². The molecule has 12 heteroatoms. The quantitative estimate of drug-likeness (QED) is 0.301. The Morgan fingerprint density at radius 2 is 1.55 bits per heavy atom. The number of nitrogens with zero attached hydrogens (tertiary/aromatic N) is 2. The number of hydrogen-bond donors (Lipinski definition) is 0. The Labute approximate surface area is 299 Å². The van der Waals surface area contributed by atoms with Crippen LogP contribution in [0.25, 0.3) is 0 Å². The predicted molar refractivity (Wildman–Crippen MR) is 188 cm³/mol. The molecule has 2 unspecified atom stereocenters. The van der Waals surface area contributed by atoms with E-state index in [1.807, 2.05) is 50.3 Å². The minimum Gasteiger partial charge on any atom is -0.498 e. The SMILES string of the molecule is COC1=C(C)C(OC)C2=C(C1OC)[C@H](COCc1ccccc1)N1C(=O)[C@H]3Cc4c(OC)c(C)c(OC)c(OC)c4[C@H](C1=C2)N3C(=O)OC(C)C. The third kappa shape index (κ3) is 5.83. The van der Waals surface area contributed by atoms with Crippen LogP contribution in [0.2, 0.25) is 0 Å². The standard InChI is InChI=1S/C39H48N2O10/c1-20(2)51-39(43)41-27-17-25-30(37(49-10)35(47-8)22(4)33(25)45-6)31(41)26-16-24-29(36(48-9)34(46-7)21(3)32(24)44-5)28(40(26)38(27)42)19-50-18-23-14-12-11-13-15-23/h11-16,20,27-28,31-32,36H,17-19H2,1-10H3/t27-,28+,31+,32?,36?/m1/s1. The van der Waals surface area contributed by atoms with Crippen LogP contribution in [0.1, 0.15) is 49.1 Å². The first-order valence-corrected chi connectivity index (χ1v) is 17.1. The Morgan fingerprint density at radius 1 is 0.882 bits per heavy atom. The minimum absolute atomic E-state index is 0.129. The Bertz CT molecular complexity index is 1780. The molecule has 3 heterocycles. The molecule has 2 bridgehead atoms. The summed E-state index contributed by atoms with van der Waals surface area (Å²) in [6, 6.07) is 7.44. The fraction of sp³-hybridized carbons (Fsp3) is 0.487. The molecular formula is C39H48N2O10. The Morgan fingerprint density at radius 3 is 2.14 bits per heavy atom. The lowest BCUT2D eigenvalue weighted by Gasteiger charge is -2.55. The Hall–Kier alpha value is -4.52. The highest BCUT2D eigenvalue weighted by atomic mass is 16.6. The molecule has 2 aromatic carbocycles. The van der Waals surface area contributed by atoms with Gasteiger partial charge in [-0.05, 0) is 50.5 Å². The van der Waals surface area contributed by atoms with Crippen molar-refractivity contribution in [3.8, 4) is 17.2 Å². The van der Waals surface area contributed by atoms with Gasteiger partial charge in [-0.2, -0.15) is 0 Å². The molecule has 3 aliphatic heterocycles. The molecule has 2 aromatic rings. The fourth-order valence-electron chi connectivity index (χ4n) is 8.27. The monoisotopic (exact) mass is 704 g/mol. The number of hydrogen-bond acceptors (Lipinski definition) is 10.